The smallest absolute Gasteiger partial charge is 0.244 e. The van der Waals surface area contributed by atoms with E-state index in [9.17, 15) is 4.79 Å². The minimum atomic E-state index is -0.253. The van der Waals surface area contributed by atoms with Crippen molar-refractivity contribution >= 4 is 5.91 Å². The van der Waals surface area contributed by atoms with Crippen LogP contribution in [0, 0.1) is 5.92 Å². The van der Waals surface area contributed by atoms with E-state index in [-0.39, 0.29) is 11.9 Å². The highest BCUT2D eigenvalue weighted by Gasteiger charge is 2.14. The minimum absolute atomic E-state index is 0.00616. The van der Waals surface area contributed by atoms with Gasteiger partial charge in [0, 0.05) is 18.9 Å². The SMILES string of the molecule is CNCC(C)CNC(=O)C(C)n1cccn1. The largest absolute Gasteiger partial charge is 0.354 e. The molecule has 1 aromatic rings. The van der Waals surface area contributed by atoms with E-state index in [2.05, 4.69) is 22.7 Å². The lowest BCUT2D eigenvalue weighted by Crippen LogP contribution is -2.36. The predicted molar refractivity (Wildman–Crippen MR) is 63.0 cm³/mol. The molecule has 0 fully saturated rings. The summed E-state index contributed by atoms with van der Waals surface area (Å²) in [5.41, 5.74) is 0. The molecule has 0 aliphatic heterocycles. The molecule has 1 aromatic heterocycles. The number of nitrogens with one attached hydrogen (secondary N) is 2. The van der Waals surface area contributed by atoms with Crippen molar-refractivity contribution in [3.63, 3.8) is 0 Å². The highest BCUT2D eigenvalue weighted by atomic mass is 16.2. The first kappa shape index (κ1) is 12.7. The molecule has 0 aliphatic carbocycles. The van der Waals surface area contributed by atoms with E-state index < -0.39 is 0 Å². The first-order chi connectivity index (χ1) is 7.65. The Balaban J connectivity index is 2.35. The molecule has 0 saturated carbocycles. The molecule has 90 valence electrons. The summed E-state index contributed by atoms with van der Waals surface area (Å²) in [6.07, 6.45) is 3.47. The van der Waals surface area contributed by atoms with Gasteiger partial charge in [-0.2, -0.15) is 5.10 Å². The van der Waals surface area contributed by atoms with Gasteiger partial charge in [0.2, 0.25) is 5.91 Å². The number of rotatable bonds is 6. The van der Waals surface area contributed by atoms with Crippen LogP contribution in [0.5, 0.6) is 0 Å². The third kappa shape index (κ3) is 3.66. The van der Waals surface area contributed by atoms with Crippen molar-refractivity contribution in [2.24, 2.45) is 5.92 Å². The molecule has 1 heterocycles. The average molecular weight is 224 g/mol. The molecule has 0 saturated heterocycles. The molecule has 5 nitrogen and oxygen atoms in total. The zero-order valence-corrected chi connectivity index (χ0v) is 10.1. The van der Waals surface area contributed by atoms with Crippen molar-refractivity contribution < 1.29 is 4.79 Å². The number of amides is 1. The van der Waals surface area contributed by atoms with Crippen LogP contribution in [0.25, 0.3) is 0 Å². The summed E-state index contributed by atoms with van der Waals surface area (Å²) in [6.45, 7) is 5.52. The van der Waals surface area contributed by atoms with Crippen molar-refractivity contribution in [1.82, 2.24) is 20.4 Å². The van der Waals surface area contributed by atoms with Gasteiger partial charge in [-0.05, 0) is 32.5 Å². The molecule has 1 amide bonds. The Morgan fingerprint density at radius 3 is 2.75 bits per heavy atom. The van der Waals surface area contributed by atoms with Gasteiger partial charge in [0.25, 0.3) is 0 Å². The van der Waals surface area contributed by atoms with E-state index in [0.717, 1.165) is 6.54 Å². The van der Waals surface area contributed by atoms with Gasteiger partial charge in [-0.3, -0.25) is 9.48 Å². The van der Waals surface area contributed by atoms with Gasteiger partial charge in [0.15, 0.2) is 0 Å². The van der Waals surface area contributed by atoms with Gasteiger partial charge in [0.1, 0.15) is 6.04 Å². The van der Waals surface area contributed by atoms with Crippen molar-refractivity contribution in [3.8, 4) is 0 Å². The standard InChI is InChI=1S/C11H20N4O/c1-9(7-12-3)8-13-11(16)10(2)15-6-4-5-14-15/h4-6,9-10,12H,7-8H2,1-3H3,(H,13,16). The Kier molecular flexibility index (Phi) is 4.98. The van der Waals surface area contributed by atoms with Gasteiger partial charge in [-0.1, -0.05) is 6.92 Å². The monoisotopic (exact) mass is 224 g/mol. The second-order valence-electron chi connectivity index (χ2n) is 4.07. The molecule has 2 N–H and O–H groups in total. The zero-order valence-electron chi connectivity index (χ0n) is 10.1. The van der Waals surface area contributed by atoms with Crippen molar-refractivity contribution in [2.75, 3.05) is 20.1 Å². The third-order valence-corrected chi connectivity index (χ3v) is 2.48. The quantitative estimate of drug-likeness (QED) is 0.736. The van der Waals surface area contributed by atoms with E-state index >= 15 is 0 Å². The van der Waals surface area contributed by atoms with Crippen LogP contribution in [0.2, 0.25) is 0 Å². The van der Waals surface area contributed by atoms with Gasteiger partial charge in [-0.15, -0.1) is 0 Å². The van der Waals surface area contributed by atoms with E-state index in [1.54, 1.807) is 17.1 Å². The molecule has 5 heteroatoms. The molecule has 0 aliphatic rings. The van der Waals surface area contributed by atoms with E-state index in [1.807, 2.05) is 20.0 Å². The van der Waals surface area contributed by atoms with Gasteiger partial charge < -0.3 is 10.6 Å². The van der Waals surface area contributed by atoms with Gasteiger partial charge in [-0.25, -0.2) is 0 Å². The maximum absolute atomic E-state index is 11.8. The van der Waals surface area contributed by atoms with Gasteiger partial charge in [0.05, 0.1) is 0 Å². The Bertz CT molecular complexity index is 310. The Labute approximate surface area is 96.2 Å². The van der Waals surface area contributed by atoms with Crippen LogP contribution in [-0.4, -0.2) is 35.8 Å². The maximum Gasteiger partial charge on any atom is 0.244 e. The molecule has 0 radical (unpaired) electrons. The summed E-state index contributed by atoms with van der Waals surface area (Å²) in [4.78, 5) is 11.8. The van der Waals surface area contributed by atoms with Crippen LogP contribution in [-0.2, 0) is 4.79 Å². The molecule has 16 heavy (non-hydrogen) atoms. The topological polar surface area (TPSA) is 58.9 Å². The Morgan fingerprint density at radius 1 is 1.44 bits per heavy atom. The number of aromatic nitrogens is 2. The highest BCUT2D eigenvalue weighted by Crippen LogP contribution is 2.03. The molecule has 0 bridgehead atoms. The van der Waals surface area contributed by atoms with Crippen LogP contribution in [0.3, 0.4) is 0 Å². The maximum atomic E-state index is 11.8. The first-order valence-electron chi connectivity index (χ1n) is 5.56. The van der Waals surface area contributed by atoms with Crippen LogP contribution >= 0.6 is 0 Å². The molecule has 0 aromatic carbocycles. The van der Waals surface area contributed by atoms with Gasteiger partial charge >= 0.3 is 0 Å². The van der Waals surface area contributed by atoms with Crippen molar-refractivity contribution in [2.45, 2.75) is 19.9 Å². The van der Waals surface area contributed by atoms with Crippen LogP contribution in [0.4, 0.5) is 0 Å². The summed E-state index contributed by atoms with van der Waals surface area (Å²) < 4.78 is 1.65. The second kappa shape index (κ2) is 6.27. The molecular formula is C11H20N4O. The fraction of sp³-hybridized carbons (Fsp3) is 0.636. The zero-order chi connectivity index (χ0) is 12.0. The average Bonchev–Trinajstić information content (AvgIpc) is 2.78. The third-order valence-electron chi connectivity index (χ3n) is 2.48. The fourth-order valence-corrected chi connectivity index (χ4v) is 1.47. The lowest BCUT2D eigenvalue weighted by Gasteiger charge is -2.15. The highest BCUT2D eigenvalue weighted by molar-refractivity contribution is 5.79. The summed E-state index contributed by atoms with van der Waals surface area (Å²) >= 11 is 0. The lowest BCUT2D eigenvalue weighted by atomic mass is 10.2. The Hall–Kier alpha value is -1.36. The number of hydrogen-bond acceptors (Lipinski definition) is 3. The number of carbonyl (C=O) groups excluding carboxylic acids is 1. The second-order valence-corrected chi connectivity index (χ2v) is 4.07. The van der Waals surface area contributed by atoms with Crippen LogP contribution < -0.4 is 10.6 Å². The number of nitrogens with zero attached hydrogens (tertiary/aromatic N) is 2. The Morgan fingerprint density at radius 2 is 2.19 bits per heavy atom. The summed E-state index contributed by atoms with van der Waals surface area (Å²) in [7, 11) is 1.91. The van der Waals surface area contributed by atoms with Crippen LogP contribution in [0.15, 0.2) is 18.5 Å². The minimum Gasteiger partial charge on any atom is -0.354 e. The summed E-state index contributed by atoms with van der Waals surface area (Å²) in [5, 5.41) is 10.0. The van der Waals surface area contributed by atoms with E-state index in [1.165, 1.54) is 0 Å². The first-order valence-corrected chi connectivity index (χ1v) is 5.56. The normalized spacial score (nSPS) is 14.4. The molecule has 1 rings (SSSR count). The van der Waals surface area contributed by atoms with E-state index in [4.69, 9.17) is 0 Å². The van der Waals surface area contributed by atoms with E-state index in [0.29, 0.717) is 12.5 Å². The van der Waals surface area contributed by atoms with Crippen LogP contribution in [0.1, 0.15) is 19.9 Å². The fourth-order valence-electron chi connectivity index (χ4n) is 1.47. The predicted octanol–water partition coefficient (Wildman–Crippen LogP) is 0.416. The number of hydrogen-bond donors (Lipinski definition) is 2. The molecule has 2 unspecified atom stereocenters. The van der Waals surface area contributed by atoms with Crippen molar-refractivity contribution in [3.05, 3.63) is 18.5 Å². The molecule has 0 spiro atoms. The van der Waals surface area contributed by atoms with Crippen molar-refractivity contribution in [1.29, 1.82) is 0 Å². The summed E-state index contributed by atoms with van der Waals surface area (Å²) in [6, 6.07) is 1.56. The molecule has 2 atom stereocenters. The number of carbonyl (C=O) groups is 1. The lowest BCUT2D eigenvalue weighted by molar-refractivity contribution is -0.124. The molecular weight excluding hydrogens is 204 g/mol. The summed E-state index contributed by atoms with van der Waals surface area (Å²) in [5.74, 6) is 0.436.